The first kappa shape index (κ1) is 29.2. The summed E-state index contributed by atoms with van der Waals surface area (Å²) in [6.07, 6.45) is 0. The minimum atomic E-state index is -0.833. The number of carboxylic acid groups (broad SMARTS) is 3. The fraction of sp³-hybridized carbons (Fsp3) is 0.500. The molecule has 0 aromatic heterocycles. The zero-order chi connectivity index (χ0) is 10.7. The molecule has 0 saturated carbocycles. The van der Waals surface area contributed by atoms with E-state index in [1.165, 1.54) is 0 Å². The van der Waals surface area contributed by atoms with Crippen LogP contribution in [-0.4, -0.2) is 71.2 Å². The topological polar surface area (TPSA) is 112 Å². The third-order valence-corrected chi connectivity index (χ3v) is 0. The van der Waals surface area contributed by atoms with Crippen LogP contribution in [0.1, 0.15) is 20.8 Å². The van der Waals surface area contributed by atoms with E-state index in [1.807, 2.05) is 0 Å². The second-order valence-electron chi connectivity index (χ2n) is 1.56. The van der Waals surface area contributed by atoms with Gasteiger partial charge in [0.25, 0.3) is 17.9 Å². The van der Waals surface area contributed by atoms with E-state index in [1.54, 1.807) is 0 Å². The Morgan fingerprint density at radius 2 is 0.714 bits per heavy atom. The van der Waals surface area contributed by atoms with Gasteiger partial charge in [0.2, 0.25) is 0 Å². The number of hydrogen-bond acceptors (Lipinski definition) is 3. The van der Waals surface area contributed by atoms with Crippen LogP contribution in [0.2, 0.25) is 0 Å². The Labute approximate surface area is 106 Å². The van der Waals surface area contributed by atoms with Crippen LogP contribution in [0.3, 0.4) is 0 Å². The van der Waals surface area contributed by atoms with Crippen molar-refractivity contribution in [2.75, 3.05) is 0 Å². The fourth-order valence-electron chi connectivity index (χ4n) is 0. The number of hydrogen-bond donors (Lipinski definition) is 3. The van der Waals surface area contributed by atoms with Gasteiger partial charge in [-0.1, -0.05) is 0 Å². The molecule has 0 heterocycles. The van der Waals surface area contributed by atoms with Gasteiger partial charge in [0.05, 0.1) is 0 Å². The number of aliphatic carboxylic acids is 3. The number of rotatable bonds is 0. The molecule has 3 N–H and O–H groups in total. The summed E-state index contributed by atoms with van der Waals surface area (Å²) >= 11 is 0. The summed E-state index contributed by atoms with van der Waals surface area (Å²) < 4.78 is 0. The Balaban J connectivity index is -0.0000000270. The summed E-state index contributed by atoms with van der Waals surface area (Å²) in [5.74, 6) is -2.50. The molecule has 0 aliphatic rings. The van der Waals surface area contributed by atoms with Crippen LogP contribution >= 0.6 is 0 Å². The van der Waals surface area contributed by atoms with Crippen LogP contribution in [0.25, 0.3) is 0 Å². The molecule has 0 unspecified atom stereocenters. The average Bonchev–Trinajstić information content (AvgIpc) is 1.54. The van der Waals surface area contributed by atoms with Gasteiger partial charge in [-0.3, -0.25) is 14.4 Å². The van der Waals surface area contributed by atoms with Crippen molar-refractivity contribution < 1.29 is 29.7 Å². The summed E-state index contributed by atoms with van der Waals surface area (Å²) in [5.41, 5.74) is 0. The van der Waals surface area contributed by atoms with Gasteiger partial charge in [0.15, 0.2) is 0 Å². The Morgan fingerprint density at radius 3 is 0.714 bits per heavy atom. The molecule has 3 radical (unpaired) electrons. The summed E-state index contributed by atoms with van der Waals surface area (Å²) in [6, 6.07) is 0. The van der Waals surface area contributed by atoms with Crippen LogP contribution in [-0.2, 0) is 14.4 Å². The zero-order valence-corrected chi connectivity index (χ0v) is 7.64. The SMILES string of the molecule is CC(=O)O.CC(=O)O.CC(=O)O.[B].[NaH]. The molecular formula is C6H13BNaO6. The molecule has 14 heavy (non-hydrogen) atoms. The van der Waals surface area contributed by atoms with E-state index in [2.05, 4.69) is 0 Å². The van der Waals surface area contributed by atoms with Crippen molar-refractivity contribution in [2.45, 2.75) is 20.8 Å². The molecule has 0 saturated heterocycles. The maximum atomic E-state index is 9.00. The van der Waals surface area contributed by atoms with Gasteiger partial charge in [-0.25, -0.2) is 0 Å². The van der Waals surface area contributed by atoms with Gasteiger partial charge >= 0.3 is 29.6 Å². The molecule has 77 valence electrons. The van der Waals surface area contributed by atoms with Gasteiger partial charge in [-0.15, -0.1) is 0 Å². The van der Waals surface area contributed by atoms with Gasteiger partial charge < -0.3 is 15.3 Å². The second-order valence-corrected chi connectivity index (χ2v) is 1.56. The zero-order valence-electron chi connectivity index (χ0n) is 7.64. The molecule has 0 aliphatic carbocycles. The predicted molar refractivity (Wildman–Crippen MR) is 52.8 cm³/mol. The van der Waals surface area contributed by atoms with Gasteiger partial charge in [-0.05, 0) is 0 Å². The van der Waals surface area contributed by atoms with Crippen LogP contribution in [0.5, 0.6) is 0 Å². The van der Waals surface area contributed by atoms with Crippen LogP contribution in [0, 0.1) is 0 Å². The summed E-state index contributed by atoms with van der Waals surface area (Å²) in [6.45, 7) is 3.25. The molecule has 0 bridgehead atoms. The van der Waals surface area contributed by atoms with E-state index in [4.69, 9.17) is 29.7 Å². The van der Waals surface area contributed by atoms with Crippen LogP contribution in [0.15, 0.2) is 0 Å². The molecule has 0 spiro atoms. The number of carboxylic acids is 3. The molecular weight excluding hydrogens is 202 g/mol. The molecule has 6 nitrogen and oxygen atoms in total. The van der Waals surface area contributed by atoms with Crippen molar-refractivity contribution in [3.05, 3.63) is 0 Å². The Bertz CT molecular complexity index is 120. The molecule has 0 fully saturated rings. The van der Waals surface area contributed by atoms with E-state index < -0.39 is 17.9 Å². The fourth-order valence-corrected chi connectivity index (χ4v) is 0. The molecule has 0 aromatic rings. The van der Waals surface area contributed by atoms with Crippen molar-refractivity contribution >= 4 is 55.9 Å². The first-order valence-electron chi connectivity index (χ1n) is 2.78. The monoisotopic (exact) mass is 215 g/mol. The maximum absolute atomic E-state index is 9.00. The Kier molecular flexibility index (Phi) is 47.7. The van der Waals surface area contributed by atoms with Crippen LogP contribution in [0.4, 0.5) is 0 Å². The second kappa shape index (κ2) is 22.9. The minimum absolute atomic E-state index is 0. The molecule has 0 aromatic carbocycles. The summed E-state index contributed by atoms with van der Waals surface area (Å²) in [5, 5.41) is 22.2. The third kappa shape index (κ3) is 4570. The third-order valence-electron chi connectivity index (χ3n) is 0. The predicted octanol–water partition coefficient (Wildman–Crippen LogP) is -0.757. The first-order chi connectivity index (χ1) is 5.20. The molecule has 0 rings (SSSR count). The molecule has 0 aliphatic heterocycles. The van der Waals surface area contributed by atoms with E-state index in [-0.39, 0.29) is 38.0 Å². The van der Waals surface area contributed by atoms with Crippen molar-refractivity contribution in [1.29, 1.82) is 0 Å². The van der Waals surface area contributed by atoms with E-state index in [0.29, 0.717) is 0 Å². The van der Waals surface area contributed by atoms with E-state index in [9.17, 15) is 0 Å². The molecule has 0 atom stereocenters. The van der Waals surface area contributed by atoms with Gasteiger partial charge in [-0.2, -0.15) is 0 Å². The quantitative estimate of drug-likeness (QED) is 0.458. The Morgan fingerprint density at radius 1 is 0.714 bits per heavy atom. The summed E-state index contributed by atoms with van der Waals surface area (Å²) in [4.78, 5) is 27.0. The molecule has 0 amide bonds. The van der Waals surface area contributed by atoms with Crippen molar-refractivity contribution in [1.82, 2.24) is 0 Å². The number of carbonyl (C=O) groups is 3. The van der Waals surface area contributed by atoms with E-state index in [0.717, 1.165) is 20.8 Å². The van der Waals surface area contributed by atoms with Crippen molar-refractivity contribution in [3.8, 4) is 0 Å². The Hall–Kier alpha value is -0.525. The summed E-state index contributed by atoms with van der Waals surface area (Å²) in [7, 11) is 0. The molecule has 8 heteroatoms. The standard InChI is InChI=1S/3C2H4O2.B.Na.H/c3*1-2(3)4;;;/h3*1H3,(H,3,4);;;. The van der Waals surface area contributed by atoms with Crippen LogP contribution < -0.4 is 0 Å². The first-order valence-corrected chi connectivity index (χ1v) is 2.78. The van der Waals surface area contributed by atoms with Crippen molar-refractivity contribution in [2.24, 2.45) is 0 Å². The van der Waals surface area contributed by atoms with Crippen molar-refractivity contribution in [3.63, 3.8) is 0 Å². The normalized spacial score (nSPS) is 5.36. The van der Waals surface area contributed by atoms with Gasteiger partial charge in [0, 0.05) is 29.2 Å². The van der Waals surface area contributed by atoms with E-state index >= 15 is 0 Å². The van der Waals surface area contributed by atoms with Gasteiger partial charge in [0.1, 0.15) is 0 Å². The average molecular weight is 215 g/mol.